The zero-order valence-corrected chi connectivity index (χ0v) is 13.0. The molecule has 0 radical (unpaired) electrons. The molecule has 0 bridgehead atoms. The first-order valence-electron chi connectivity index (χ1n) is 3.65. The summed E-state index contributed by atoms with van der Waals surface area (Å²) in [5.41, 5.74) is 0. The van der Waals surface area contributed by atoms with Crippen LogP contribution in [0.1, 0.15) is 13.8 Å². The van der Waals surface area contributed by atoms with E-state index >= 15 is 0 Å². The van der Waals surface area contributed by atoms with Crippen molar-refractivity contribution in [3.8, 4) is 0 Å². The van der Waals surface area contributed by atoms with Crippen molar-refractivity contribution < 1.29 is 49.4 Å². The Hall–Kier alpha value is 0.730. The van der Waals surface area contributed by atoms with E-state index in [1.54, 1.807) is 0 Å². The minimum absolute atomic E-state index is 0. The van der Waals surface area contributed by atoms with Crippen LogP contribution in [0.2, 0.25) is 0 Å². The predicted molar refractivity (Wildman–Crippen MR) is 59.3 cm³/mol. The van der Waals surface area contributed by atoms with Gasteiger partial charge in [0, 0.05) is 5.25 Å². The van der Waals surface area contributed by atoms with Gasteiger partial charge in [-0.25, -0.2) is 0 Å². The molecular weight excluding hydrogens is 267 g/mol. The van der Waals surface area contributed by atoms with E-state index in [2.05, 4.69) is 0 Å². The van der Waals surface area contributed by atoms with E-state index < -0.39 is 22.4 Å². The summed E-state index contributed by atoms with van der Waals surface area (Å²) in [4.78, 5) is 20.8. The third-order valence-corrected chi connectivity index (χ3v) is 3.87. The van der Waals surface area contributed by atoms with Gasteiger partial charge in [-0.05, 0) is 13.8 Å². The number of carbonyl (C=O) groups excluding carboxylic acids is 1. The predicted octanol–water partition coefficient (Wildman–Crippen LogP) is -2.65. The van der Waals surface area contributed by atoms with Gasteiger partial charge in [0.2, 0.25) is 0 Å². The molecule has 80 valence electrons. The van der Waals surface area contributed by atoms with E-state index in [4.69, 9.17) is 17.3 Å². The maximum absolute atomic E-state index is 10.4. The van der Waals surface area contributed by atoms with Gasteiger partial charge in [0.15, 0.2) is 0 Å². The topological polar surface area (TPSA) is 77.4 Å². The van der Waals surface area contributed by atoms with Crippen molar-refractivity contribution in [1.29, 1.82) is 0 Å². The normalized spacial score (nSPS) is 13.5. The van der Waals surface area contributed by atoms with Gasteiger partial charge >= 0.3 is 35.5 Å². The summed E-state index contributed by atoms with van der Waals surface area (Å²) in [5.74, 6) is -2.18. The maximum atomic E-state index is 10.4. The van der Waals surface area contributed by atoms with Crippen molar-refractivity contribution in [1.82, 2.24) is 0 Å². The second-order valence-corrected chi connectivity index (χ2v) is 6.31. The number of hydrogen-bond donors (Lipinski definition) is 1. The van der Waals surface area contributed by atoms with Crippen LogP contribution in [0.4, 0.5) is 0 Å². The summed E-state index contributed by atoms with van der Waals surface area (Å²) in [6, 6.07) is 0. The monoisotopic (exact) mass is 276 g/mol. The largest absolute Gasteiger partial charge is 1.00 e. The molecule has 0 aliphatic rings. The molecule has 0 fully saturated rings. The van der Waals surface area contributed by atoms with E-state index in [-0.39, 0.29) is 29.6 Å². The third kappa shape index (κ3) is 8.53. The van der Waals surface area contributed by atoms with Crippen molar-refractivity contribution in [2.75, 3.05) is 0 Å². The van der Waals surface area contributed by atoms with Gasteiger partial charge in [-0.2, -0.15) is 0 Å². The fourth-order valence-corrected chi connectivity index (χ4v) is 3.14. The van der Waals surface area contributed by atoms with Crippen LogP contribution in [-0.4, -0.2) is 31.1 Å². The number of carbonyl (C=O) groups is 2. The van der Waals surface area contributed by atoms with Gasteiger partial charge in [-0.15, -0.1) is 0 Å². The number of aliphatic carboxylic acids is 2. The quantitative estimate of drug-likeness (QED) is 0.444. The number of rotatable bonds is 4. The van der Waals surface area contributed by atoms with Gasteiger partial charge < -0.3 is 15.0 Å². The van der Waals surface area contributed by atoms with Crippen molar-refractivity contribution in [3.63, 3.8) is 0 Å². The molecule has 2 unspecified atom stereocenters. The average molecular weight is 276 g/mol. The minimum Gasteiger partial charge on any atom is -0.549 e. The molecule has 1 N–H and O–H groups in total. The number of carboxylic acids is 2. The van der Waals surface area contributed by atoms with Crippen LogP contribution in [-0.2, 0) is 9.59 Å². The van der Waals surface area contributed by atoms with E-state index in [1.165, 1.54) is 13.8 Å². The molecule has 0 saturated carbocycles. The second-order valence-electron chi connectivity index (χ2n) is 2.43. The molecule has 0 aliphatic carbocycles. The number of thiocarbonyl (C=S) groups is 1. The van der Waals surface area contributed by atoms with Crippen LogP contribution in [0.3, 0.4) is 0 Å². The van der Waals surface area contributed by atoms with Crippen molar-refractivity contribution in [2.24, 2.45) is 0 Å². The zero-order chi connectivity index (χ0) is 11.3. The van der Waals surface area contributed by atoms with E-state index in [0.29, 0.717) is 3.53 Å². The summed E-state index contributed by atoms with van der Waals surface area (Å²) in [7, 11) is 0. The molecule has 0 aromatic carbocycles. The number of thioether (sulfide) groups is 2. The Morgan fingerprint density at radius 3 is 2.00 bits per heavy atom. The number of carboxylic acid groups (broad SMARTS) is 2. The zero-order valence-electron chi connectivity index (χ0n) is 8.55. The first kappa shape index (κ1) is 18.1. The van der Waals surface area contributed by atoms with Crippen LogP contribution in [0, 0.1) is 0 Å². The first-order chi connectivity index (χ1) is 6.34. The molecule has 0 aliphatic heterocycles. The summed E-state index contributed by atoms with van der Waals surface area (Å²) < 4.78 is 0.302. The molecule has 4 nitrogen and oxygen atoms in total. The Morgan fingerprint density at radius 2 is 1.67 bits per heavy atom. The van der Waals surface area contributed by atoms with Crippen LogP contribution in [0.25, 0.3) is 0 Å². The molecular formula is C7H9NaO4S3. The molecule has 0 aromatic heterocycles. The fourth-order valence-electron chi connectivity index (χ4n) is 0.415. The van der Waals surface area contributed by atoms with Crippen molar-refractivity contribution in [3.05, 3.63) is 0 Å². The molecule has 0 heterocycles. The first-order valence-corrected chi connectivity index (χ1v) is 5.82. The number of hydrogen-bond acceptors (Lipinski definition) is 6. The standard InChI is InChI=1S/C7H10O4S3.Na/c1-3(5(8)9)13-7(12)14-4(2)6(10)11;/h3-4H,1-2H3,(H,8,9)(H,10,11);/q;+1/p-1. The molecule has 2 atom stereocenters. The van der Waals surface area contributed by atoms with Crippen LogP contribution in [0.15, 0.2) is 0 Å². The Balaban J connectivity index is 0. The smallest absolute Gasteiger partial charge is 0.549 e. The summed E-state index contributed by atoms with van der Waals surface area (Å²) in [6.07, 6.45) is 0. The third-order valence-electron chi connectivity index (χ3n) is 1.23. The SMILES string of the molecule is CC(SC(=S)SC(C)C(=O)O)C(=O)[O-].[Na+]. The van der Waals surface area contributed by atoms with Gasteiger partial charge in [-0.3, -0.25) is 4.79 Å². The molecule has 0 amide bonds. The molecule has 15 heavy (non-hydrogen) atoms. The maximum Gasteiger partial charge on any atom is 1.00 e. The van der Waals surface area contributed by atoms with Crippen molar-refractivity contribution >= 4 is 51.2 Å². The minimum atomic E-state index is -1.21. The van der Waals surface area contributed by atoms with E-state index in [9.17, 15) is 14.7 Å². The van der Waals surface area contributed by atoms with Crippen LogP contribution in [0.5, 0.6) is 0 Å². The Morgan fingerprint density at radius 1 is 1.27 bits per heavy atom. The van der Waals surface area contributed by atoms with Gasteiger partial charge in [0.1, 0.15) is 8.78 Å². The van der Waals surface area contributed by atoms with Gasteiger partial charge in [0.25, 0.3) is 0 Å². The van der Waals surface area contributed by atoms with Crippen molar-refractivity contribution in [2.45, 2.75) is 24.3 Å². The van der Waals surface area contributed by atoms with Crippen LogP contribution >= 0.6 is 35.7 Å². The summed E-state index contributed by atoms with van der Waals surface area (Å²) >= 11 is 6.70. The molecule has 0 saturated heterocycles. The van der Waals surface area contributed by atoms with E-state index in [0.717, 1.165) is 23.5 Å². The average Bonchev–Trinajstić information content (AvgIpc) is 2.03. The Labute approximate surface area is 124 Å². The molecule has 0 rings (SSSR count). The molecule has 8 heteroatoms. The van der Waals surface area contributed by atoms with Crippen LogP contribution < -0.4 is 34.7 Å². The molecule has 0 spiro atoms. The summed E-state index contributed by atoms with van der Waals surface area (Å²) in [6.45, 7) is 2.93. The van der Waals surface area contributed by atoms with E-state index in [1.807, 2.05) is 0 Å². The second kappa shape index (κ2) is 8.83. The Bertz CT molecular complexity index is 235. The fraction of sp³-hybridized carbons (Fsp3) is 0.571. The summed E-state index contributed by atoms with van der Waals surface area (Å²) in [5, 5.41) is 17.5. The Kier molecular flexibility index (Phi) is 10.7. The van der Waals surface area contributed by atoms with Gasteiger partial charge in [0.05, 0.1) is 5.97 Å². The molecule has 0 aromatic rings. The van der Waals surface area contributed by atoms with Gasteiger partial charge in [-0.1, -0.05) is 35.7 Å².